The average Bonchev–Trinajstić information content (AvgIpc) is 2.86. The first kappa shape index (κ1) is 22.3. The van der Waals surface area contributed by atoms with Crippen molar-refractivity contribution in [1.29, 1.82) is 0 Å². The number of amides is 1. The highest BCUT2D eigenvalue weighted by atomic mass is 16.5. The SMILES string of the molecule is COc1ccc(-c2ccc(=O)n(CC(=O)Nc3ccc(N4CCOCC4)cc3)n2)cc1OC. The molecular formula is C24H26N4O5. The Morgan fingerprint density at radius 2 is 1.73 bits per heavy atom. The van der Waals surface area contributed by atoms with Crippen molar-refractivity contribution < 1.29 is 19.0 Å². The molecule has 0 spiro atoms. The molecule has 1 aliphatic rings. The van der Waals surface area contributed by atoms with Gasteiger partial charge in [0.2, 0.25) is 5.91 Å². The summed E-state index contributed by atoms with van der Waals surface area (Å²) in [5.74, 6) is 0.801. The number of nitrogens with one attached hydrogen (secondary N) is 1. The Morgan fingerprint density at radius 3 is 2.42 bits per heavy atom. The summed E-state index contributed by atoms with van der Waals surface area (Å²) in [5, 5.41) is 7.18. The number of carbonyl (C=O) groups is 1. The van der Waals surface area contributed by atoms with Gasteiger partial charge in [-0.25, -0.2) is 4.68 Å². The second-order valence-corrected chi connectivity index (χ2v) is 7.48. The van der Waals surface area contributed by atoms with E-state index in [0.29, 0.717) is 36.1 Å². The van der Waals surface area contributed by atoms with Crippen LogP contribution in [0.5, 0.6) is 11.5 Å². The zero-order valence-corrected chi connectivity index (χ0v) is 18.6. The van der Waals surface area contributed by atoms with Crippen LogP contribution in [0.1, 0.15) is 0 Å². The van der Waals surface area contributed by atoms with E-state index in [1.807, 2.05) is 30.3 Å². The summed E-state index contributed by atoms with van der Waals surface area (Å²) in [7, 11) is 3.11. The van der Waals surface area contributed by atoms with Gasteiger partial charge in [0.1, 0.15) is 6.54 Å². The minimum absolute atomic E-state index is 0.203. The van der Waals surface area contributed by atoms with Gasteiger partial charge in [0.05, 0.1) is 33.1 Å². The minimum atomic E-state index is -0.364. The lowest BCUT2D eigenvalue weighted by atomic mass is 10.1. The molecule has 9 nitrogen and oxygen atoms in total. The zero-order chi connectivity index (χ0) is 23.2. The van der Waals surface area contributed by atoms with Crippen molar-refractivity contribution in [3.05, 3.63) is 65.0 Å². The van der Waals surface area contributed by atoms with Gasteiger partial charge in [0.15, 0.2) is 11.5 Å². The molecule has 4 rings (SSSR count). The first-order chi connectivity index (χ1) is 16.1. The fourth-order valence-electron chi connectivity index (χ4n) is 3.63. The van der Waals surface area contributed by atoms with E-state index in [-0.39, 0.29) is 18.0 Å². The van der Waals surface area contributed by atoms with E-state index in [1.165, 1.54) is 6.07 Å². The van der Waals surface area contributed by atoms with Gasteiger partial charge in [-0.05, 0) is 48.5 Å². The molecule has 2 heterocycles. The Balaban J connectivity index is 1.45. The molecule has 1 amide bonds. The van der Waals surface area contributed by atoms with E-state index in [0.717, 1.165) is 29.0 Å². The van der Waals surface area contributed by atoms with Crippen LogP contribution < -0.4 is 25.2 Å². The summed E-state index contributed by atoms with van der Waals surface area (Å²) in [4.78, 5) is 27.1. The van der Waals surface area contributed by atoms with Crippen molar-refractivity contribution in [1.82, 2.24) is 9.78 Å². The average molecular weight is 450 g/mol. The lowest BCUT2D eigenvalue weighted by molar-refractivity contribution is -0.117. The summed E-state index contributed by atoms with van der Waals surface area (Å²) >= 11 is 0. The molecule has 0 radical (unpaired) electrons. The van der Waals surface area contributed by atoms with Crippen molar-refractivity contribution in [3.63, 3.8) is 0 Å². The summed E-state index contributed by atoms with van der Waals surface area (Å²) < 4.78 is 17.1. The third-order valence-corrected chi connectivity index (χ3v) is 5.37. The van der Waals surface area contributed by atoms with Crippen molar-refractivity contribution >= 4 is 17.3 Å². The molecule has 1 aromatic heterocycles. The number of rotatable bonds is 7. The van der Waals surface area contributed by atoms with Crippen molar-refractivity contribution in [2.24, 2.45) is 0 Å². The van der Waals surface area contributed by atoms with Crippen LogP contribution in [0, 0.1) is 0 Å². The third-order valence-electron chi connectivity index (χ3n) is 5.37. The maximum absolute atomic E-state index is 12.6. The molecular weight excluding hydrogens is 424 g/mol. The van der Waals surface area contributed by atoms with E-state index < -0.39 is 0 Å². The summed E-state index contributed by atoms with van der Waals surface area (Å²) in [5.41, 5.74) is 2.65. The fourth-order valence-corrected chi connectivity index (χ4v) is 3.63. The highest BCUT2D eigenvalue weighted by Crippen LogP contribution is 2.31. The molecule has 0 unspecified atom stereocenters. The molecule has 0 bridgehead atoms. The molecule has 0 saturated carbocycles. The Labute approximate surface area is 191 Å². The topological polar surface area (TPSA) is 94.9 Å². The van der Waals surface area contributed by atoms with Crippen molar-refractivity contribution in [3.8, 4) is 22.8 Å². The zero-order valence-electron chi connectivity index (χ0n) is 18.6. The van der Waals surface area contributed by atoms with E-state index in [4.69, 9.17) is 14.2 Å². The Kier molecular flexibility index (Phi) is 6.89. The number of benzene rings is 2. The number of ether oxygens (including phenoxy) is 3. The van der Waals surface area contributed by atoms with Crippen LogP contribution in [0.3, 0.4) is 0 Å². The second kappa shape index (κ2) is 10.2. The van der Waals surface area contributed by atoms with Crippen LogP contribution in [0.25, 0.3) is 11.3 Å². The van der Waals surface area contributed by atoms with Gasteiger partial charge < -0.3 is 24.4 Å². The van der Waals surface area contributed by atoms with Gasteiger partial charge in [-0.1, -0.05) is 0 Å². The highest BCUT2D eigenvalue weighted by molar-refractivity contribution is 5.90. The van der Waals surface area contributed by atoms with Crippen molar-refractivity contribution in [2.45, 2.75) is 6.54 Å². The van der Waals surface area contributed by atoms with Crippen LogP contribution in [0.4, 0.5) is 11.4 Å². The number of anilines is 2. The third kappa shape index (κ3) is 5.32. The predicted molar refractivity (Wildman–Crippen MR) is 125 cm³/mol. The Bertz CT molecular complexity index is 1170. The maximum Gasteiger partial charge on any atom is 0.267 e. The second-order valence-electron chi connectivity index (χ2n) is 7.48. The molecule has 172 valence electrons. The molecule has 2 aromatic carbocycles. The van der Waals surface area contributed by atoms with Crippen LogP contribution in [-0.2, 0) is 16.1 Å². The first-order valence-corrected chi connectivity index (χ1v) is 10.6. The summed E-state index contributed by atoms with van der Waals surface area (Å²) in [6, 6.07) is 16.0. The molecule has 3 aromatic rings. The number of carbonyl (C=O) groups excluding carboxylic acids is 1. The number of hydrogen-bond acceptors (Lipinski definition) is 7. The molecule has 33 heavy (non-hydrogen) atoms. The van der Waals surface area contributed by atoms with E-state index in [9.17, 15) is 9.59 Å². The number of morpholine rings is 1. The lowest BCUT2D eigenvalue weighted by Crippen LogP contribution is -2.36. The Hall–Kier alpha value is -3.85. The van der Waals surface area contributed by atoms with Gasteiger partial charge in [-0.2, -0.15) is 5.10 Å². The van der Waals surface area contributed by atoms with Crippen molar-refractivity contribution in [2.75, 3.05) is 50.7 Å². The fraction of sp³-hybridized carbons (Fsp3) is 0.292. The quantitative estimate of drug-likeness (QED) is 0.591. The van der Waals surface area contributed by atoms with Gasteiger partial charge in [0.25, 0.3) is 5.56 Å². The molecule has 0 aliphatic carbocycles. The normalized spacial score (nSPS) is 13.5. The molecule has 0 atom stereocenters. The Morgan fingerprint density at radius 1 is 1.00 bits per heavy atom. The van der Waals surface area contributed by atoms with Gasteiger partial charge in [-0.3, -0.25) is 9.59 Å². The monoisotopic (exact) mass is 450 g/mol. The number of nitrogens with zero attached hydrogens (tertiary/aromatic N) is 3. The van der Waals surface area contributed by atoms with Crippen LogP contribution in [0.15, 0.2) is 59.4 Å². The number of methoxy groups -OCH3 is 2. The van der Waals surface area contributed by atoms with Crippen LogP contribution in [0.2, 0.25) is 0 Å². The van der Waals surface area contributed by atoms with Gasteiger partial charge in [-0.15, -0.1) is 0 Å². The molecule has 1 saturated heterocycles. The predicted octanol–water partition coefficient (Wildman–Crippen LogP) is 2.40. The first-order valence-electron chi connectivity index (χ1n) is 10.6. The van der Waals surface area contributed by atoms with Gasteiger partial charge >= 0.3 is 0 Å². The smallest absolute Gasteiger partial charge is 0.267 e. The number of aromatic nitrogens is 2. The number of hydrogen-bond donors (Lipinski definition) is 1. The largest absolute Gasteiger partial charge is 0.493 e. The molecule has 1 fully saturated rings. The van der Waals surface area contributed by atoms with E-state index in [2.05, 4.69) is 15.3 Å². The van der Waals surface area contributed by atoms with E-state index in [1.54, 1.807) is 32.4 Å². The maximum atomic E-state index is 12.6. The van der Waals surface area contributed by atoms with E-state index >= 15 is 0 Å². The molecule has 9 heteroatoms. The minimum Gasteiger partial charge on any atom is -0.493 e. The summed E-state index contributed by atoms with van der Waals surface area (Å²) in [6.07, 6.45) is 0. The molecule has 1 aliphatic heterocycles. The van der Waals surface area contributed by atoms with Crippen LogP contribution >= 0.6 is 0 Å². The lowest BCUT2D eigenvalue weighted by Gasteiger charge is -2.28. The highest BCUT2D eigenvalue weighted by Gasteiger charge is 2.13. The standard InChI is InChI=1S/C24H26N4O5/c1-31-21-9-3-17(15-22(21)32-2)20-8-10-24(30)28(26-20)16-23(29)25-18-4-6-19(7-5-18)27-11-13-33-14-12-27/h3-10,15H,11-14,16H2,1-2H3,(H,25,29). The summed E-state index contributed by atoms with van der Waals surface area (Å²) in [6.45, 7) is 2.91. The van der Waals surface area contributed by atoms with Gasteiger partial charge in [0, 0.05) is 36.1 Å². The van der Waals surface area contributed by atoms with Crippen LogP contribution in [-0.4, -0.2) is 56.2 Å². The molecule has 1 N–H and O–H groups in total.